The number of hydrogen-bond donors (Lipinski definition) is 1. The Kier molecular flexibility index (Phi) is 11.3. The molecule has 2 aliphatic heterocycles. The molecule has 1 aromatic heterocycles. The molecule has 3 amide bonds. The number of hydrogen-bond acceptors (Lipinski definition) is 7. The summed E-state index contributed by atoms with van der Waals surface area (Å²) in [7, 11) is 0. The van der Waals surface area contributed by atoms with Gasteiger partial charge in [0.2, 0.25) is 11.8 Å². The molecule has 1 N–H and O–H groups in total. The molecule has 0 bridgehead atoms. The molecule has 3 unspecified atom stereocenters. The minimum Gasteiger partial charge on any atom is -0.442 e. The Morgan fingerprint density at radius 3 is 2.45 bits per heavy atom. The van der Waals surface area contributed by atoms with Crippen LogP contribution in [0.2, 0.25) is 0 Å². The minimum absolute atomic E-state index is 0.0307. The number of rotatable bonds is 10. The molecule has 11 heteroatoms. The Morgan fingerprint density at radius 2 is 1.73 bits per heavy atom. The topological polar surface area (TPSA) is 134 Å². The van der Waals surface area contributed by atoms with Crippen molar-refractivity contribution >= 4 is 34.8 Å². The van der Waals surface area contributed by atoms with Crippen molar-refractivity contribution in [1.29, 1.82) is 5.26 Å². The number of aromatic nitrogens is 1. The predicted octanol–water partition coefficient (Wildman–Crippen LogP) is 5.68. The van der Waals surface area contributed by atoms with Crippen molar-refractivity contribution < 1.29 is 28.8 Å². The number of hydroxylamine groups is 1. The summed E-state index contributed by atoms with van der Waals surface area (Å²) >= 11 is 0. The van der Waals surface area contributed by atoms with Crippen molar-refractivity contribution in [1.82, 2.24) is 19.8 Å². The van der Waals surface area contributed by atoms with E-state index in [0.29, 0.717) is 31.5 Å². The smallest absolute Gasteiger partial charge is 0.441 e. The lowest BCUT2D eigenvalue weighted by Gasteiger charge is -2.32. The normalized spacial score (nSPS) is 18.3. The summed E-state index contributed by atoms with van der Waals surface area (Å²) in [4.78, 5) is 61.9. The molecule has 3 heterocycles. The van der Waals surface area contributed by atoms with E-state index in [0.717, 1.165) is 48.7 Å². The van der Waals surface area contributed by atoms with Gasteiger partial charge in [-0.3, -0.25) is 9.59 Å². The molecule has 2 fully saturated rings. The molecule has 260 valence electrons. The number of likely N-dealkylation sites (tertiary alicyclic amines) is 2. The van der Waals surface area contributed by atoms with Gasteiger partial charge in [-0.25, -0.2) is 9.59 Å². The van der Waals surface area contributed by atoms with Gasteiger partial charge in [-0.2, -0.15) is 5.26 Å². The number of benzene rings is 2. The highest BCUT2D eigenvalue weighted by atomic mass is 16.7. The van der Waals surface area contributed by atoms with Gasteiger partial charge in [0.1, 0.15) is 11.6 Å². The van der Waals surface area contributed by atoms with Crippen molar-refractivity contribution in [3.63, 3.8) is 0 Å². The number of fused-ring (bicyclic) bond motifs is 1. The van der Waals surface area contributed by atoms with E-state index in [1.807, 2.05) is 58.9 Å². The van der Waals surface area contributed by atoms with Crippen molar-refractivity contribution in [3.05, 3.63) is 71.4 Å². The first-order valence-electron chi connectivity index (χ1n) is 17.3. The zero-order chi connectivity index (χ0) is 35.1. The lowest BCUT2D eigenvalue weighted by molar-refractivity contribution is -0.158. The first-order chi connectivity index (χ1) is 23.5. The highest BCUT2D eigenvalue weighted by Gasteiger charge is 2.41. The number of carbonyl (C=O) groups excluding carboxylic acids is 4. The fourth-order valence-corrected chi connectivity index (χ4v) is 7.16. The fourth-order valence-electron chi connectivity index (χ4n) is 7.16. The Balaban J connectivity index is 1.24. The average molecular weight is 670 g/mol. The van der Waals surface area contributed by atoms with Crippen LogP contribution in [0.3, 0.4) is 0 Å². The summed E-state index contributed by atoms with van der Waals surface area (Å²) in [5, 5.41) is 10.5. The van der Waals surface area contributed by atoms with Crippen LogP contribution >= 0.6 is 0 Å². The van der Waals surface area contributed by atoms with Gasteiger partial charge in [0.05, 0.1) is 17.6 Å². The molecular weight excluding hydrogens is 622 g/mol. The van der Waals surface area contributed by atoms with E-state index in [1.165, 1.54) is 5.69 Å². The van der Waals surface area contributed by atoms with Crippen LogP contribution < -0.4 is 5.48 Å². The number of amides is 3. The lowest BCUT2D eigenvalue weighted by atomic mass is 9.95. The molecule has 11 nitrogen and oxygen atoms in total. The van der Waals surface area contributed by atoms with E-state index in [-0.39, 0.29) is 30.7 Å². The van der Waals surface area contributed by atoms with E-state index in [9.17, 15) is 24.4 Å². The number of nitriles is 1. The molecule has 0 radical (unpaired) electrons. The number of nitrogens with one attached hydrogen (secondary N) is 1. The first-order valence-corrected chi connectivity index (χ1v) is 17.3. The molecule has 0 aliphatic carbocycles. The second-order valence-electron chi connectivity index (χ2n) is 14.0. The van der Waals surface area contributed by atoms with Gasteiger partial charge in [0, 0.05) is 43.3 Å². The summed E-state index contributed by atoms with van der Waals surface area (Å²) in [6, 6.07) is 19.0. The van der Waals surface area contributed by atoms with Gasteiger partial charge in [-0.15, -0.1) is 5.48 Å². The van der Waals surface area contributed by atoms with Crippen molar-refractivity contribution in [3.8, 4) is 6.07 Å². The maximum Gasteiger partial charge on any atom is 0.441 e. The summed E-state index contributed by atoms with van der Waals surface area (Å²) < 4.78 is 7.41. The largest absolute Gasteiger partial charge is 0.442 e. The zero-order valence-corrected chi connectivity index (χ0v) is 28.9. The maximum atomic E-state index is 14.1. The highest BCUT2D eigenvalue weighted by Crippen LogP contribution is 2.30. The number of aryl methyl sites for hydroxylation is 2. The predicted molar refractivity (Wildman–Crippen MR) is 184 cm³/mol. The van der Waals surface area contributed by atoms with Gasteiger partial charge >= 0.3 is 12.1 Å². The van der Waals surface area contributed by atoms with Crippen LogP contribution in [0.15, 0.2) is 54.6 Å². The van der Waals surface area contributed by atoms with Crippen LogP contribution in [0.1, 0.15) is 83.0 Å². The first kappa shape index (κ1) is 35.5. The quantitative estimate of drug-likeness (QED) is 0.275. The van der Waals surface area contributed by atoms with Crippen molar-refractivity contribution in [2.45, 2.75) is 103 Å². The van der Waals surface area contributed by atoms with Gasteiger partial charge in [-0.05, 0) is 102 Å². The lowest BCUT2D eigenvalue weighted by Crippen LogP contribution is -2.50. The summed E-state index contributed by atoms with van der Waals surface area (Å²) in [5.41, 5.74) is 4.98. The maximum absolute atomic E-state index is 14.1. The highest BCUT2D eigenvalue weighted by molar-refractivity contribution is 5.90. The second-order valence-corrected chi connectivity index (χ2v) is 14.0. The summed E-state index contributed by atoms with van der Waals surface area (Å²) in [6.45, 7) is 9.08. The number of nitrogens with zero attached hydrogens (tertiary/aromatic N) is 4. The van der Waals surface area contributed by atoms with E-state index >= 15 is 0 Å². The monoisotopic (exact) mass is 669 g/mol. The van der Waals surface area contributed by atoms with Crippen LogP contribution in [-0.2, 0) is 43.3 Å². The van der Waals surface area contributed by atoms with E-state index < -0.39 is 29.6 Å². The molecule has 49 heavy (non-hydrogen) atoms. The molecule has 0 spiro atoms. The standard InChI is InChI=1S/C38H47N5O6/c1-5-41-31(23-28-16-15-27(25-39)22-33(28)41)18-17-30-13-9-19-42(30)35(45)32-14-10-20-43(32)34(44)24-29(21-26-11-7-6-8-12-26)36(46)49-40-37(47)48-38(2,3)4/h6-8,11-12,15-16,22-23,29-30,32H,5,9-10,13-14,17-21,24H2,1-4H3,(H,40,47). The Labute approximate surface area is 288 Å². The van der Waals surface area contributed by atoms with Crippen LogP contribution in [0, 0.1) is 17.2 Å². The van der Waals surface area contributed by atoms with Gasteiger partial charge in [0.15, 0.2) is 0 Å². The molecule has 2 aliphatic rings. The minimum atomic E-state index is -0.902. The van der Waals surface area contributed by atoms with Crippen molar-refractivity contribution in [2.24, 2.45) is 5.92 Å². The molecule has 2 saturated heterocycles. The van der Waals surface area contributed by atoms with Crippen molar-refractivity contribution in [2.75, 3.05) is 13.1 Å². The molecule has 5 rings (SSSR count). The number of ether oxygens (including phenoxy) is 1. The molecular formula is C38H47N5O6. The third-order valence-corrected chi connectivity index (χ3v) is 9.40. The van der Waals surface area contributed by atoms with Crippen LogP contribution in [0.5, 0.6) is 0 Å². The van der Waals surface area contributed by atoms with E-state index in [1.54, 1.807) is 25.7 Å². The third kappa shape index (κ3) is 8.79. The summed E-state index contributed by atoms with van der Waals surface area (Å²) in [6.07, 6.45) is 3.88. The van der Waals surface area contributed by atoms with E-state index in [2.05, 4.69) is 23.6 Å². The van der Waals surface area contributed by atoms with Gasteiger partial charge < -0.3 is 23.9 Å². The second kappa shape index (κ2) is 15.6. The SMILES string of the molecule is CCn1c(CCC2CCCN2C(=O)C2CCCN2C(=O)CC(Cc2ccccc2)C(=O)ONC(=O)OC(C)(C)C)cc2ccc(C#N)cc21. The Morgan fingerprint density at radius 1 is 1.00 bits per heavy atom. The summed E-state index contributed by atoms with van der Waals surface area (Å²) in [5.74, 6) is -1.95. The molecule has 0 saturated carbocycles. The Hall–Kier alpha value is -4.85. The average Bonchev–Trinajstić information content (AvgIpc) is 3.83. The van der Waals surface area contributed by atoms with Crippen LogP contribution in [-0.4, -0.2) is 69.0 Å². The van der Waals surface area contributed by atoms with Gasteiger partial charge in [-0.1, -0.05) is 36.4 Å². The molecule has 3 aromatic rings. The Bertz CT molecular complexity index is 1700. The van der Waals surface area contributed by atoms with Crippen LogP contribution in [0.25, 0.3) is 10.9 Å². The van der Waals surface area contributed by atoms with Gasteiger partial charge in [0.25, 0.3) is 0 Å². The van der Waals surface area contributed by atoms with E-state index in [4.69, 9.17) is 9.57 Å². The fraction of sp³-hybridized carbons (Fsp3) is 0.500. The molecule has 3 atom stereocenters. The van der Waals surface area contributed by atoms with Crippen LogP contribution in [0.4, 0.5) is 4.79 Å². The number of carbonyl (C=O) groups is 4. The molecule has 2 aromatic carbocycles. The zero-order valence-electron chi connectivity index (χ0n) is 28.9. The third-order valence-electron chi connectivity index (χ3n) is 9.40.